The Morgan fingerprint density at radius 1 is 1.44 bits per heavy atom. The Morgan fingerprint density at radius 3 is 2.33 bits per heavy atom. The molecule has 0 unspecified atom stereocenters. The molecule has 0 amide bonds. The molecule has 0 fully saturated rings. The van der Waals surface area contributed by atoms with Crippen molar-refractivity contribution in [2.45, 2.75) is 19.8 Å². The van der Waals surface area contributed by atoms with Crippen LogP contribution in [-0.4, -0.2) is 0 Å². The Hall–Kier alpha value is -0.240. The molecular formula is C7H9BrO. The molecule has 0 bridgehead atoms. The zero-order valence-corrected chi connectivity index (χ0v) is 7.10. The van der Waals surface area contributed by atoms with Crippen molar-refractivity contribution in [2.24, 2.45) is 0 Å². The summed E-state index contributed by atoms with van der Waals surface area (Å²) in [7, 11) is 0. The molecule has 1 nitrogen and oxygen atoms in total. The molecular weight excluding hydrogens is 180 g/mol. The van der Waals surface area contributed by atoms with Crippen LogP contribution in [0.1, 0.15) is 25.5 Å². The van der Waals surface area contributed by atoms with Crippen LogP contribution in [0.4, 0.5) is 0 Å². The van der Waals surface area contributed by atoms with Gasteiger partial charge in [-0.1, -0.05) is 13.8 Å². The SMILES string of the molecule is CC(C)c1ccc(Br)o1. The first kappa shape index (κ1) is 6.87. The summed E-state index contributed by atoms with van der Waals surface area (Å²) in [6.07, 6.45) is 0. The predicted octanol–water partition coefficient (Wildman–Crippen LogP) is 3.17. The Balaban J connectivity index is 2.85. The van der Waals surface area contributed by atoms with Crippen LogP contribution in [-0.2, 0) is 0 Å². The minimum atomic E-state index is 0.483. The molecule has 50 valence electrons. The summed E-state index contributed by atoms with van der Waals surface area (Å²) < 4.78 is 6.07. The fourth-order valence-electron chi connectivity index (χ4n) is 0.639. The number of halogens is 1. The Labute approximate surface area is 63.2 Å². The standard InChI is InChI=1S/C7H9BrO/c1-5(2)6-3-4-7(8)9-6/h3-5H,1-2H3. The van der Waals surface area contributed by atoms with Crippen LogP contribution in [0.15, 0.2) is 21.2 Å². The van der Waals surface area contributed by atoms with Gasteiger partial charge in [0.15, 0.2) is 4.67 Å². The molecule has 1 rings (SSSR count). The second kappa shape index (κ2) is 2.56. The number of hydrogen-bond acceptors (Lipinski definition) is 1. The van der Waals surface area contributed by atoms with Gasteiger partial charge in [-0.3, -0.25) is 0 Å². The molecule has 1 aromatic rings. The maximum absolute atomic E-state index is 5.26. The lowest BCUT2D eigenvalue weighted by Gasteiger charge is -1.95. The molecule has 0 atom stereocenters. The first-order valence-electron chi connectivity index (χ1n) is 2.95. The van der Waals surface area contributed by atoms with E-state index < -0.39 is 0 Å². The average molecular weight is 189 g/mol. The van der Waals surface area contributed by atoms with Crippen molar-refractivity contribution >= 4 is 15.9 Å². The van der Waals surface area contributed by atoms with Gasteiger partial charge in [0, 0.05) is 5.92 Å². The summed E-state index contributed by atoms with van der Waals surface area (Å²) in [5.74, 6) is 1.51. The van der Waals surface area contributed by atoms with E-state index in [4.69, 9.17) is 4.42 Å². The van der Waals surface area contributed by atoms with Crippen LogP contribution in [0.3, 0.4) is 0 Å². The van der Waals surface area contributed by atoms with Gasteiger partial charge in [0.1, 0.15) is 5.76 Å². The van der Waals surface area contributed by atoms with E-state index in [1.807, 2.05) is 12.1 Å². The smallest absolute Gasteiger partial charge is 0.169 e. The molecule has 0 aromatic carbocycles. The second-order valence-electron chi connectivity index (χ2n) is 2.30. The van der Waals surface area contributed by atoms with E-state index in [-0.39, 0.29) is 0 Å². The zero-order valence-electron chi connectivity index (χ0n) is 5.52. The van der Waals surface area contributed by atoms with Gasteiger partial charge in [-0.25, -0.2) is 0 Å². The van der Waals surface area contributed by atoms with Crippen molar-refractivity contribution in [3.63, 3.8) is 0 Å². The third-order valence-electron chi connectivity index (χ3n) is 1.16. The van der Waals surface area contributed by atoms with Crippen LogP contribution < -0.4 is 0 Å². The fraction of sp³-hybridized carbons (Fsp3) is 0.429. The minimum Gasteiger partial charge on any atom is -0.454 e. The minimum absolute atomic E-state index is 0.483. The lowest BCUT2D eigenvalue weighted by atomic mass is 10.2. The average Bonchev–Trinajstić information content (AvgIpc) is 2.14. The van der Waals surface area contributed by atoms with Crippen LogP contribution in [0, 0.1) is 0 Å². The quantitative estimate of drug-likeness (QED) is 0.661. The van der Waals surface area contributed by atoms with Gasteiger partial charge in [-0.2, -0.15) is 0 Å². The molecule has 0 saturated carbocycles. The summed E-state index contributed by atoms with van der Waals surface area (Å²) in [6, 6.07) is 3.89. The monoisotopic (exact) mass is 188 g/mol. The summed E-state index contributed by atoms with van der Waals surface area (Å²) in [6.45, 7) is 4.20. The van der Waals surface area contributed by atoms with Crippen molar-refractivity contribution < 1.29 is 4.42 Å². The van der Waals surface area contributed by atoms with Crippen LogP contribution in [0.25, 0.3) is 0 Å². The van der Waals surface area contributed by atoms with Crippen molar-refractivity contribution in [3.05, 3.63) is 22.6 Å². The number of furan rings is 1. The van der Waals surface area contributed by atoms with Gasteiger partial charge in [-0.15, -0.1) is 0 Å². The zero-order chi connectivity index (χ0) is 6.85. The molecule has 2 heteroatoms. The molecule has 0 spiro atoms. The highest BCUT2D eigenvalue weighted by Crippen LogP contribution is 2.20. The molecule has 0 N–H and O–H groups in total. The lowest BCUT2D eigenvalue weighted by Crippen LogP contribution is -1.79. The van der Waals surface area contributed by atoms with E-state index >= 15 is 0 Å². The Morgan fingerprint density at radius 2 is 2.11 bits per heavy atom. The van der Waals surface area contributed by atoms with Gasteiger partial charge >= 0.3 is 0 Å². The van der Waals surface area contributed by atoms with Crippen LogP contribution in [0.5, 0.6) is 0 Å². The van der Waals surface area contributed by atoms with E-state index in [2.05, 4.69) is 29.8 Å². The van der Waals surface area contributed by atoms with Gasteiger partial charge in [-0.05, 0) is 28.1 Å². The van der Waals surface area contributed by atoms with E-state index in [1.54, 1.807) is 0 Å². The van der Waals surface area contributed by atoms with Gasteiger partial charge < -0.3 is 4.42 Å². The molecule has 0 aliphatic heterocycles. The number of hydrogen-bond donors (Lipinski definition) is 0. The Kier molecular flexibility index (Phi) is 1.96. The maximum atomic E-state index is 5.26. The van der Waals surface area contributed by atoms with E-state index in [1.165, 1.54) is 0 Å². The van der Waals surface area contributed by atoms with Gasteiger partial charge in [0.05, 0.1) is 0 Å². The van der Waals surface area contributed by atoms with Gasteiger partial charge in [0.25, 0.3) is 0 Å². The summed E-state index contributed by atoms with van der Waals surface area (Å²) in [4.78, 5) is 0. The highest BCUT2D eigenvalue weighted by Gasteiger charge is 2.02. The maximum Gasteiger partial charge on any atom is 0.169 e. The fourth-order valence-corrected chi connectivity index (χ4v) is 0.958. The largest absolute Gasteiger partial charge is 0.454 e. The molecule has 0 aliphatic carbocycles. The lowest BCUT2D eigenvalue weighted by molar-refractivity contribution is 0.467. The third-order valence-corrected chi connectivity index (χ3v) is 1.59. The molecule has 0 saturated heterocycles. The first-order chi connectivity index (χ1) is 4.20. The van der Waals surface area contributed by atoms with E-state index in [0.717, 1.165) is 10.4 Å². The molecule has 9 heavy (non-hydrogen) atoms. The third kappa shape index (κ3) is 1.58. The summed E-state index contributed by atoms with van der Waals surface area (Å²) in [5, 5.41) is 0. The van der Waals surface area contributed by atoms with Crippen molar-refractivity contribution in [3.8, 4) is 0 Å². The number of rotatable bonds is 1. The van der Waals surface area contributed by atoms with Crippen molar-refractivity contribution in [1.82, 2.24) is 0 Å². The first-order valence-corrected chi connectivity index (χ1v) is 3.74. The second-order valence-corrected chi connectivity index (χ2v) is 3.08. The summed E-state index contributed by atoms with van der Waals surface area (Å²) in [5.41, 5.74) is 0. The molecule has 0 radical (unpaired) electrons. The molecule has 0 aliphatic rings. The van der Waals surface area contributed by atoms with Crippen LogP contribution >= 0.6 is 15.9 Å². The topological polar surface area (TPSA) is 13.1 Å². The highest BCUT2D eigenvalue weighted by atomic mass is 79.9. The van der Waals surface area contributed by atoms with Crippen molar-refractivity contribution in [2.75, 3.05) is 0 Å². The molecule has 1 aromatic heterocycles. The summed E-state index contributed by atoms with van der Waals surface area (Å²) >= 11 is 3.23. The van der Waals surface area contributed by atoms with E-state index in [9.17, 15) is 0 Å². The Bertz CT molecular complexity index is 191. The van der Waals surface area contributed by atoms with E-state index in [0.29, 0.717) is 5.92 Å². The molecule has 1 heterocycles. The predicted molar refractivity (Wildman–Crippen MR) is 40.5 cm³/mol. The van der Waals surface area contributed by atoms with Crippen LogP contribution in [0.2, 0.25) is 0 Å². The highest BCUT2D eigenvalue weighted by molar-refractivity contribution is 9.10. The van der Waals surface area contributed by atoms with Gasteiger partial charge in [0.2, 0.25) is 0 Å². The normalized spacial score (nSPS) is 10.7. The van der Waals surface area contributed by atoms with Crippen molar-refractivity contribution in [1.29, 1.82) is 0 Å².